The van der Waals surface area contributed by atoms with E-state index in [1.807, 2.05) is 47.4 Å². The number of pyridine rings is 2. The fourth-order valence-electron chi connectivity index (χ4n) is 5.74. The molecule has 2 saturated heterocycles. The number of hydrogen-bond acceptors (Lipinski definition) is 5. The molecule has 1 amide bonds. The quantitative estimate of drug-likeness (QED) is 0.516. The van der Waals surface area contributed by atoms with Gasteiger partial charge in [-0.3, -0.25) is 9.78 Å². The number of piperidine rings is 2. The van der Waals surface area contributed by atoms with Gasteiger partial charge in [-0.15, -0.1) is 0 Å². The Morgan fingerprint density at radius 1 is 1.09 bits per heavy atom. The van der Waals surface area contributed by atoms with Gasteiger partial charge < -0.3 is 14.5 Å². The lowest BCUT2D eigenvalue weighted by molar-refractivity contribution is 0.0316. The lowest BCUT2D eigenvalue weighted by Gasteiger charge is -2.45. The van der Waals surface area contributed by atoms with E-state index in [-0.39, 0.29) is 5.91 Å². The molecule has 0 saturated carbocycles. The Kier molecular flexibility index (Phi) is 7.16. The minimum Gasteiger partial charge on any atom is -0.383 e. The number of ether oxygens (including phenoxy) is 1. The van der Waals surface area contributed by atoms with Crippen LogP contribution < -0.4 is 0 Å². The molecule has 0 radical (unpaired) electrons. The minimum absolute atomic E-state index is 0.0684. The van der Waals surface area contributed by atoms with E-state index in [1.165, 1.54) is 45.2 Å². The molecule has 2 unspecified atom stereocenters. The molecule has 2 aliphatic heterocycles. The zero-order valence-electron chi connectivity index (χ0n) is 20.0. The molecule has 34 heavy (non-hydrogen) atoms. The number of carbonyl (C=O) groups is 1. The molecule has 5 rings (SSSR count). The summed E-state index contributed by atoms with van der Waals surface area (Å²) in [5, 5.41) is 0.899. The van der Waals surface area contributed by atoms with Gasteiger partial charge in [0.1, 0.15) is 0 Å². The molecule has 2 atom stereocenters. The van der Waals surface area contributed by atoms with Gasteiger partial charge in [0.25, 0.3) is 5.91 Å². The van der Waals surface area contributed by atoms with E-state index in [9.17, 15) is 4.79 Å². The fourth-order valence-corrected chi connectivity index (χ4v) is 5.74. The molecule has 1 aromatic carbocycles. The number of para-hydroxylation sites is 1. The first-order valence-corrected chi connectivity index (χ1v) is 12.6. The summed E-state index contributed by atoms with van der Waals surface area (Å²) < 4.78 is 5.41. The van der Waals surface area contributed by atoms with Crippen molar-refractivity contribution in [3.05, 3.63) is 60.4 Å². The van der Waals surface area contributed by atoms with E-state index in [4.69, 9.17) is 9.72 Å². The second-order valence-corrected chi connectivity index (χ2v) is 9.55. The lowest BCUT2D eigenvalue weighted by atomic mass is 9.83. The Labute approximate surface area is 202 Å². The predicted molar refractivity (Wildman–Crippen MR) is 135 cm³/mol. The van der Waals surface area contributed by atoms with Crippen molar-refractivity contribution in [3.63, 3.8) is 0 Å². The number of methoxy groups -OCH3 is 1. The summed E-state index contributed by atoms with van der Waals surface area (Å²) in [5.74, 6) is 0.585. The van der Waals surface area contributed by atoms with Crippen LogP contribution in [0.1, 0.15) is 42.5 Å². The summed E-state index contributed by atoms with van der Waals surface area (Å²) in [6, 6.07) is 14.4. The summed E-state index contributed by atoms with van der Waals surface area (Å²) in [6.45, 7) is 4.33. The van der Waals surface area contributed by atoms with E-state index in [0.717, 1.165) is 28.7 Å². The zero-order chi connectivity index (χ0) is 23.3. The van der Waals surface area contributed by atoms with Gasteiger partial charge in [0.05, 0.1) is 23.4 Å². The Hall–Kier alpha value is -2.83. The number of benzene rings is 1. The molecule has 4 heterocycles. The first kappa shape index (κ1) is 22.9. The van der Waals surface area contributed by atoms with Crippen molar-refractivity contribution in [2.45, 2.75) is 38.1 Å². The second kappa shape index (κ2) is 10.6. The van der Waals surface area contributed by atoms with Gasteiger partial charge in [-0.05, 0) is 69.0 Å². The lowest BCUT2D eigenvalue weighted by Crippen LogP contribution is -2.52. The van der Waals surface area contributed by atoms with E-state index in [2.05, 4.69) is 9.88 Å². The maximum Gasteiger partial charge on any atom is 0.254 e. The van der Waals surface area contributed by atoms with Crippen LogP contribution in [-0.4, -0.2) is 71.6 Å². The van der Waals surface area contributed by atoms with Crippen LogP contribution in [0.4, 0.5) is 0 Å². The Morgan fingerprint density at radius 2 is 1.91 bits per heavy atom. The highest BCUT2D eigenvalue weighted by Crippen LogP contribution is 2.32. The number of amides is 1. The van der Waals surface area contributed by atoms with Crippen molar-refractivity contribution in [1.29, 1.82) is 0 Å². The molecular formula is C28H34N4O2. The van der Waals surface area contributed by atoms with Crippen molar-refractivity contribution in [2.24, 2.45) is 5.92 Å². The van der Waals surface area contributed by atoms with E-state index in [1.54, 1.807) is 19.5 Å². The highest BCUT2D eigenvalue weighted by Gasteiger charge is 2.35. The number of nitrogens with zero attached hydrogens (tertiary/aromatic N) is 4. The number of aromatic nitrogens is 2. The van der Waals surface area contributed by atoms with Crippen LogP contribution >= 0.6 is 0 Å². The topological polar surface area (TPSA) is 58.6 Å². The molecule has 0 spiro atoms. The van der Waals surface area contributed by atoms with E-state index in [0.29, 0.717) is 30.7 Å². The Morgan fingerprint density at radius 3 is 2.76 bits per heavy atom. The minimum atomic E-state index is 0.0684. The molecule has 178 valence electrons. The smallest absolute Gasteiger partial charge is 0.254 e. The van der Waals surface area contributed by atoms with Crippen molar-refractivity contribution in [3.8, 4) is 11.3 Å². The maximum atomic E-state index is 14.1. The third kappa shape index (κ3) is 4.84. The first-order chi connectivity index (χ1) is 16.7. The first-order valence-electron chi connectivity index (χ1n) is 12.6. The van der Waals surface area contributed by atoms with Crippen LogP contribution in [0.5, 0.6) is 0 Å². The molecule has 3 aromatic rings. The van der Waals surface area contributed by atoms with Crippen LogP contribution in [0.3, 0.4) is 0 Å². The van der Waals surface area contributed by atoms with Gasteiger partial charge in [0, 0.05) is 49.6 Å². The molecular weight excluding hydrogens is 424 g/mol. The number of carbonyl (C=O) groups excluding carboxylic acids is 1. The standard InChI is InChI=1S/C28H34N4O2/c1-34-18-17-32(20-22-7-6-16-31-15-5-4-10-27(22)31)28(33)24-19-26(21-11-13-29-14-12-21)30-25-9-3-2-8-23(24)25/h2-3,8-9,11-14,19,22,27H,4-7,10,15-18,20H2,1H3. The van der Waals surface area contributed by atoms with Crippen LogP contribution in [0.2, 0.25) is 0 Å². The number of rotatable bonds is 7. The fraction of sp³-hybridized carbons (Fsp3) is 0.464. The van der Waals surface area contributed by atoms with E-state index < -0.39 is 0 Å². The van der Waals surface area contributed by atoms with Gasteiger partial charge in [-0.25, -0.2) is 4.98 Å². The molecule has 6 heteroatoms. The normalized spacial score (nSPS) is 20.7. The van der Waals surface area contributed by atoms with Crippen molar-refractivity contribution < 1.29 is 9.53 Å². The van der Waals surface area contributed by atoms with Crippen LogP contribution in [0.15, 0.2) is 54.9 Å². The molecule has 0 N–H and O–H groups in total. The third-order valence-corrected chi connectivity index (χ3v) is 7.46. The SMILES string of the molecule is COCCN(CC1CCCN2CCCCC12)C(=O)c1cc(-c2ccncc2)nc2ccccc12. The summed E-state index contributed by atoms with van der Waals surface area (Å²) in [5.41, 5.74) is 3.31. The molecule has 0 aliphatic carbocycles. The monoisotopic (exact) mass is 458 g/mol. The van der Waals surface area contributed by atoms with Gasteiger partial charge in [-0.1, -0.05) is 24.6 Å². The van der Waals surface area contributed by atoms with Crippen molar-refractivity contribution in [1.82, 2.24) is 19.8 Å². The summed E-state index contributed by atoms with van der Waals surface area (Å²) in [4.78, 5) is 27.8. The maximum absolute atomic E-state index is 14.1. The van der Waals surface area contributed by atoms with Crippen LogP contribution in [-0.2, 0) is 4.74 Å². The average molecular weight is 459 g/mol. The van der Waals surface area contributed by atoms with Gasteiger partial charge >= 0.3 is 0 Å². The number of fused-ring (bicyclic) bond motifs is 2. The highest BCUT2D eigenvalue weighted by atomic mass is 16.5. The largest absolute Gasteiger partial charge is 0.383 e. The summed E-state index contributed by atoms with van der Waals surface area (Å²) in [7, 11) is 1.70. The molecule has 2 fully saturated rings. The molecule has 2 aliphatic rings. The summed E-state index contributed by atoms with van der Waals surface area (Å²) in [6.07, 6.45) is 9.79. The van der Waals surface area contributed by atoms with Gasteiger partial charge in [-0.2, -0.15) is 0 Å². The Bertz CT molecular complexity index is 1120. The summed E-state index contributed by atoms with van der Waals surface area (Å²) >= 11 is 0. The van der Waals surface area contributed by atoms with Crippen LogP contribution in [0, 0.1) is 5.92 Å². The van der Waals surface area contributed by atoms with Gasteiger partial charge in [0.2, 0.25) is 0 Å². The van der Waals surface area contributed by atoms with Crippen molar-refractivity contribution in [2.75, 3.05) is 39.9 Å². The molecule has 6 nitrogen and oxygen atoms in total. The second-order valence-electron chi connectivity index (χ2n) is 9.55. The van der Waals surface area contributed by atoms with Gasteiger partial charge in [0.15, 0.2) is 0 Å². The van der Waals surface area contributed by atoms with E-state index >= 15 is 0 Å². The Balaban J connectivity index is 1.49. The van der Waals surface area contributed by atoms with Crippen molar-refractivity contribution >= 4 is 16.8 Å². The highest BCUT2D eigenvalue weighted by molar-refractivity contribution is 6.07. The third-order valence-electron chi connectivity index (χ3n) is 7.46. The number of hydrogen-bond donors (Lipinski definition) is 0. The predicted octanol–water partition coefficient (Wildman–Crippen LogP) is 4.65. The molecule has 2 aromatic heterocycles. The zero-order valence-corrected chi connectivity index (χ0v) is 20.0. The van der Waals surface area contributed by atoms with Crippen LogP contribution in [0.25, 0.3) is 22.2 Å². The molecule has 0 bridgehead atoms. The average Bonchev–Trinajstić information content (AvgIpc) is 2.90.